The number of ether oxygens (including phenoxy) is 2. The van der Waals surface area contributed by atoms with Crippen LogP contribution in [0.1, 0.15) is 17.4 Å². The molecule has 0 atom stereocenters. The van der Waals surface area contributed by atoms with Crippen molar-refractivity contribution >= 4 is 29.2 Å². The molecular weight excluding hydrogens is 388 g/mol. The molecule has 2 N–H and O–H groups in total. The zero-order chi connectivity index (χ0) is 21.5. The van der Waals surface area contributed by atoms with Gasteiger partial charge in [0.2, 0.25) is 11.6 Å². The molecule has 154 valence electrons. The Morgan fingerprint density at radius 2 is 1.70 bits per heavy atom. The van der Waals surface area contributed by atoms with Crippen molar-refractivity contribution in [2.45, 2.75) is 6.92 Å². The Balaban J connectivity index is 1.62. The Morgan fingerprint density at radius 3 is 2.37 bits per heavy atom. The first-order chi connectivity index (χ1) is 14.5. The van der Waals surface area contributed by atoms with E-state index in [1.54, 1.807) is 30.5 Å². The van der Waals surface area contributed by atoms with E-state index in [0.29, 0.717) is 11.4 Å². The Bertz CT molecular complexity index is 1060. The van der Waals surface area contributed by atoms with Crippen LogP contribution in [0.25, 0.3) is 5.69 Å². The molecule has 0 saturated carbocycles. The fourth-order valence-corrected chi connectivity index (χ4v) is 2.64. The van der Waals surface area contributed by atoms with Gasteiger partial charge >= 0.3 is 5.97 Å². The summed E-state index contributed by atoms with van der Waals surface area (Å²) in [6.45, 7) is 0.878. The summed E-state index contributed by atoms with van der Waals surface area (Å²) in [5, 5.41) is 9.41. The van der Waals surface area contributed by atoms with Crippen LogP contribution in [-0.2, 0) is 14.3 Å². The van der Waals surface area contributed by atoms with Crippen molar-refractivity contribution in [2.24, 2.45) is 0 Å². The van der Waals surface area contributed by atoms with Crippen molar-refractivity contribution in [3.05, 3.63) is 66.5 Å². The van der Waals surface area contributed by atoms with Gasteiger partial charge in [0.25, 0.3) is 5.91 Å². The lowest BCUT2D eigenvalue weighted by molar-refractivity contribution is -0.119. The number of nitrogens with one attached hydrogen (secondary N) is 2. The summed E-state index contributed by atoms with van der Waals surface area (Å²) >= 11 is 0. The first-order valence-corrected chi connectivity index (χ1v) is 9.00. The zero-order valence-corrected chi connectivity index (χ0v) is 16.4. The highest BCUT2D eigenvalue weighted by Gasteiger charge is 2.21. The predicted octanol–water partition coefficient (Wildman–Crippen LogP) is 2.63. The molecule has 2 aromatic carbocycles. The summed E-state index contributed by atoms with van der Waals surface area (Å²) in [6, 6.07) is 15.8. The summed E-state index contributed by atoms with van der Waals surface area (Å²) in [6.07, 6.45) is 1.56. The van der Waals surface area contributed by atoms with Gasteiger partial charge in [0.05, 0.1) is 19.0 Å². The summed E-state index contributed by atoms with van der Waals surface area (Å²) in [5.74, 6) is -1.32. The van der Waals surface area contributed by atoms with Crippen LogP contribution in [0.5, 0.6) is 5.75 Å². The number of carbonyl (C=O) groups excluding carboxylic acids is 3. The van der Waals surface area contributed by atoms with Gasteiger partial charge in [0.1, 0.15) is 0 Å². The van der Waals surface area contributed by atoms with Crippen LogP contribution in [0.3, 0.4) is 0 Å². The second-order valence-electron chi connectivity index (χ2n) is 6.21. The number of rotatable bonds is 7. The molecule has 9 nitrogen and oxygen atoms in total. The second-order valence-corrected chi connectivity index (χ2v) is 6.21. The molecule has 0 aliphatic heterocycles. The van der Waals surface area contributed by atoms with E-state index in [9.17, 15) is 14.4 Å². The quantitative estimate of drug-likeness (QED) is 0.582. The first kappa shape index (κ1) is 20.6. The second kappa shape index (κ2) is 9.37. The van der Waals surface area contributed by atoms with E-state index in [1.807, 2.05) is 30.3 Å². The number of aromatic nitrogens is 2. The van der Waals surface area contributed by atoms with Crippen LogP contribution in [0.15, 0.2) is 60.8 Å². The summed E-state index contributed by atoms with van der Waals surface area (Å²) in [7, 11) is 1.41. The number of nitrogens with zero attached hydrogens (tertiary/aromatic N) is 2. The van der Waals surface area contributed by atoms with Crippen LogP contribution in [-0.4, -0.2) is 41.3 Å². The summed E-state index contributed by atoms with van der Waals surface area (Å²) in [4.78, 5) is 35.7. The number of esters is 1. The van der Waals surface area contributed by atoms with E-state index in [-0.39, 0.29) is 17.4 Å². The molecule has 0 aliphatic rings. The lowest BCUT2D eigenvalue weighted by Crippen LogP contribution is -2.21. The first-order valence-electron chi connectivity index (χ1n) is 9.00. The van der Waals surface area contributed by atoms with Crippen molar-refractivity contribution in [3.8, 4) is 11.4 Å². The SMILES string of the molecule is COc1cn(-c2ccccc2)nc1C(=O)OCC(=O)Nc1cccc(NC(C)=O)c1. The molecule has 0 radical (unpaired) electrons. The lowest BCUT2D eigenvalue weighted by atomic mass is 10.2. The number of hydrogen-bond donors (Lipinski definition) is 2. The van der Waals surface area contributed by atoms with Gasteiger partial charge in [0.15, 0.2) is 12.4 Å². The van der Waals surface area contributed by atoms with Gasteiger partial charge in [-0.25, -0.2) is 9.48 Å². The molecule has 0 fully saturated rings. The van der Waals surface area contributed by atoms with Crippen molar-refractivity contribution < 1.29 is 23.9 Å². The van der Waals surface area contributed by atoms with Crippen LogP contribution < -0.4 is 15.4 Å². The number of methoxy groups -OCH3 is 1. The number of para-hydroxylation sites is 1. The average Bonchev–Trinajstić information content (AvgIpc) is 3.17. The van der Waals surface area contributed by atoms with Crippen LogP contribution >= 0.6 is 0 Å². The van der Waals surface area contributed by atoms with Crippen molar-refractivity contribution in [1.29, 1.82) is 0 Å². The predicted molar refractivity (Wildman–Crippen MR) is 110 cm³/mol. The van der Waals surface area contributed by atoms with E-state index in [4.69, 9.17) is 9.47 Å². The van der Waals surface area contributed by atoms with Gasteiger partial charge in [0, 0.05) is 18.3 Å². The smallest absolute Gasteiger partial charge is 0.363 e. The largest absolute Gasteiger partial charge is 0.493 e. The average molecular weight is 408 g/mol. The Morgan fingerprint density at radius 1 is 1.00 bits per heavy atom. The fraction of sp³-hybridized carbons (Fsp3) is 0.143. The van der Waals surface area contributed by atoms with Gasteiger partial charge in [-0.15, -0.1) is 0 Å². The topological polar surface area (TPSA) is 112 Å². The minimum Gasteiger partial charge on any atom is -0.493 e. The van der Waals surface area contributed by atoms with E-state index >= 15 is 0 Å². The van der Waals surface area contributed by atoms with Gasteiger partial charge in [-0.1, -0.05) is 24.3 Å². The van der Waals surface area contributed by atoms with Crippen molar-refractivity contribution in [2.75, 3.05) is 24.4 Å². The molecule has 2 amide bonds. The third-order valence-corrected chi connectivity index (χ3v) is 3.92. The minimum absolute atomic E-state index is 0.0400. The Labute approximate surface area is 172 Å². The number of hydrogen-bond acceptors (Lipinski definition) is 6. The van der Waals surface area contributed by atoms with Crippen molar-refractivity contribution in [3.63, 3.8) is 0 Å². The lowest BCUT2D eigenvalue weighted by Gasteiger charge is -2.08. The van der Waals surface area contributed by atoms with Crippen LogP contribution in [0, 0.1) is 0 Å². The normalized spacial score (nSPS) is 10.2. The molecule has 9 heteroatoms. The molecule has 1 heterocycles. The molecule has 3 aromatic rings. The van der Waals surface area contributed by atoms with E-state index < -0.39 is 18.5 Å². The highest BCUT2D eigenvalue weighted by atomic mass is 16.5. The molecular formula is C21H20N4O5. The molecule has 3 rings (SSSR count). The molecule has 0 saturated heterocycles. The molecule has 0 aliphatic carbocycles. The van der Waals surface area contributed by atoms with Crippen molar-refractivity contribution in [1.82, 2.24) is 9.78 Å². The van der Waals surface area contributed by atoms with E-state index in [0.717, 1.165) is 5.69 Å². The fourth-order valence-electron chi connectivity index (χ4n) is 2.64. The summed E-state index contributed by atoms with van der Waals surface area (Å²) < 4.78 is 11.8. The van der Waals surface area contributed by atoms with E-state index in [2.05, 4.69) is 15.7 Å². The monoisotopic (exact) mass is 408 g/mol. The molecule has 30 heavy (non-hydrogen) atoms. The Hall–Kier alpha value is -4.14. The molecule has 0 unspecified atom stereocenters. The van der Waals surface area contributed by atoms with Gasteiger partial charge < -0.3 is 20.1 Å². The van der Waals surface area contributed by atoms with Gasteiger partial charge in [-0.2, -0.15) is 5.10 Å². The maximum absolute atomic E-state index is 12.4. The third kappa shape index (κ3) is 5.22. The highest BCUT2D eigenvalue weighted by Crippen LogP contribution is 2.20. The molecule has 1 aromatic heterocycles. The van der Waals surface area contributed by atoms with Crippen LogP contribution in [0.2, 0.25) is 0 Å². The number of amides is 2. The third-order valence-electron chi connectivity index (χ3n) is 3.92. The van der Waals surface area contributed by atoms with Gasteiger partial charge in [-0.05, 0) is 30.3 Å². The highest BCUT2D eigenvalue weighted by molar-refractivity contribution is 5.96. The Kier molecular flexibility index (Phi) is 6.43. The zero-order valence-electron chi connectivity index (χ0n) is 16.4. The number of carbonyl (C=O) groups is 3. The number of anilines is 2. The standard InChI is InChI=1S/C21H20N4O5/c1-14(26)22-15-7-6-8-16(11-15)23-19(27)13-30-21(28)20-18(29-2)12-25(24-20)17-9-4-3-5-10-17/h3-12H,13H2,1-2H3,(H,22,26)(H,23,27). The van der Waals surface area contributed by atoms with Gasteiger partial charge in [-0.3, -0.25) is 9.59 Å². The number of benzene rings is 2. The minimum atomic E-state index is -0.788. The molecule has 0 bridgehead atoms. The van der Waals surface area contributed by atoms with E-state index in [1.165, 1.54) is 18.7 Å². The maximum atomic E-state index is 12.4. The maximum Gasteiger partial charge on any atom is 0.363 e. The molecule has 0 spiro atoms. The summed E-state index contributed by atoms with van der Waals surface area (Å²) in [5.41, 5.74) is 1.69. The van der Waals surface area contributed by atoms with Crippen LogP contribution in [0.4, 0.5) is 11.4 Å².